The van der Waals surface area contributed by atoms with Crippen molar-refractivity contribution in [3.63, 3.8) is 0 Å². The highest BCUT2D eigenvalue weighted by Crippen LogP contribution is 2.25. The number of anilines is 1. The summed E-state index contributed by atoms with van der Waals surface area (Å²) in [7, 11) is 0. The SMILES string of the molecule is N#Cc1ccc(NC(=O)c2cc(F)ccc2O)c(Br)c1. The zero-order chi connectivity index (χ0) is 14.7. The molecule has 0 bridgehead atoms. The molecule has 2 aromatic rings. The van der Waals surface area contributed by atoms with Gasteiger partial charge in [-0.3, -0.25) is 4.79 Å². The van der Waals surface area contributed by atoms with Gasteiger partial charge in [0.1, 0.15) is 11.6 Å². The molecule has 1 amide bonds. The van der Waals surface area contributed by atoms with Crippen LogP contribution < -0.4 is 5.32 Å². The van der Waals surface area contributed by atoms with Crippen LogP contribution in [0.25, 0.3) is 0 Å². The van der Waals surface area contributed by atoms with Crippen LogP contribution in [0.15, 0.2) is 40.9 Å². The lowest BCUT2D eigenvalue weighted by molar-refractivity contribution is 0.102. The summed E-state index contributed by atoms with van der Waals surface area (Å²) in [6, 6.07) is 9.69. The zero-order valence-corrected chi connectivity index (χ0v) is 11.6. The van der Waals surface area contributed by atoms with E-state index < -0.39 is 11.7 Å². The summed E-state index contributed by atoms with van der Waals surface area (Å²) in [6.45, 7) is 0. The van der Waals surface area contributed by atoms with Gasteiger partial charge in [0.25, 0.3) is 5.91 Å². The van der Waals surface area contributed by atoms with Crippen molar-refractivity contribution in [1.29, 1.82) is 5.26 Å². The first-order valence-electron chi connectivity index (χ1n) is 5.51. The second kappa shape index (κ2) is 5.72. The number of carbonyl (C=O) groups is 1. The normalized spacial score (nSPS) is 9.85. The van der Waals surface area contributed by atoms with Crippen molar-refractivity contribution in [3.05, 3.63) is 57.8 Å². The van der Waals surface area contributed by atoms with Gasteiger partial charge in [0.05, 0.1) is 22.9 Å². The van der Waals surface area contributed by atoms with Gasteiger partial charge >= 0.3 is 0 Å². The third kappa shape index (κ3) is 2.95. The number of nitrogens with zero attached hydrogens (tertiary/aromatic N) is 1. The van der Waals surface area contributed by atoms with E-state index in [1.165, 1.54) is 12.1 Å². The fourth-order valence-electron chi connectivity index (χ4n) is 1.57. The highest BCUT2D eigenvalue weighted by Gasteiger charge is 2.13. The molecule has 2 rings (SSSR count). The van der Waals surface area contributed by atoms with Crippen LogP contribution in [0.2, 0.25) is 0 Å². The number of amides is 1. The molecule has 0 spiro atoms. The molecule has 0 heterocycles. The molecule has 100 valence electrons. The first-order chi connectivity index (χ1) is 9.51. The van der Waals surface area contributed by atoms with E-state index in [-0.39, 0.29) is 11.3 Å². The number of phenolic OH excluding ortho intramolecular Hbond substituents is 1. The van der Waals surface area contributed by atoms with Gasteiger partial charge in [0.2, 0.25) is 0 Å². The van der Waals surface area contributed by atoms with Crippen molar-refractivity contribution in [2.75, 3.05) is 5.32 Å². The molecule has 0 fully saturated rings. The summed E-state index contributed by atoms with van der Waals surface area (Å²) in [5.41, 5.74) is 0.683. The van der Waals surface area contributed by atoms with Crippen molar-refractivity contribution >= 4 is 27.5 Å². The molecule has 0 saturated heterocycles. The lowest BCUT2D eigenvalue weighted by Crippen LogP contribution is -2.12. The molecule has 2 N–H and O–H groups in total. The smallest absolute Gasteiger partial charge is 0.259 e. The number of nitrogens with one attached hydrogen (secondary N) is 1. The summed E-state index contributed by atoms with van der Waals surface area (Å²) >= 11 is 3.22. The number of hydrogen-bond donors (Lipinski definition) is 2. The number of phenols is 1. The standard InChI is InChI=1S/C14H8BrFN2O2/c15-11-5-8(7-17)1-3-12(11)18-14(20)10-6-9(16)2-4-13(10)19/h1-6,19H,(H,18,20). The number of aromatic hydroxyl groups is 1. The molecule has 0 radical (unpaired) electrons. The monoisotopic (exact) mass is 334 g/mol. The van der Waals surface area contributed by atoms with Crippen molar-refractivity contribution in [2.24, 2.45) is 0 Å². The van der Waals surface area contributed by atoms with E-state index in [0.717, 1.165) is 18.2 Å². The fourth-order valence-corrected chi connectivity index (χ4v) is 2.04. The van der Waals surface area contributed by atoms with Gasteiger partial charge in [0, 0.05) is 4.47 Å². The topological polar surface area (TPSA) is 73.1 Å². The number of carbonyl (C=O) groups excluding carboxylic acids is 1. The van der Waals surface area contributed by atoms with Crippen LogP contribution in [0.5, 0.6) is 5.75 Å². The van der Waals surface area contributed by atoms with Crippen LogP contribution >= 0.6 is 15.9 Å². The van der Waals surface area contributed by atoms with Crippen molar-refractivity contribution < 1.29 is 14.3 Å². The Kier molecular flexibility index (Phi) is 4.01. The zero-order valence-electron chi connectivity index (χ0n) is 10.0. The van der Waals surface area contributed by atoms with Gasteiger partial charge in [-0.25, -0.2) is 4.39 Å². The van der Waals surface area contributed by atoms with Crippen molar-refractivity contribution in [1.82, 2.24) is 0 Å². The quantitative estimate of drug-likeness (QED) is 0.883. The Balaban J connectivity index is 2.28. The predicted molar refractivity (Wildman–Crippen MR) is 74.9 cm³/mol. The summed E-state index contributed by atoms with van der Waals surface area (Å²) < 4.78 is 13.6. The maximum Gasteiger partial charge on any atom is 0.259 e. The van der Waals surface area contributed by atoms with E-state index in [1.807, 2.05) is 6.07 Å². The van der Waals surface area contributed by atoms with Crippen molar-refractivity contribution in [3.8, 4) is 11.8 Å². The van der Waals surface area contributed by atoms with Gasteiger partial charge in [-0.2, -0.15) is 5.26 Å². The van der Waals surface area contributed by atoms with E-state index in [1.54, 1.807) is 6.07 Å². The Morgan fingerprint density at radius 1 is 1.30 bits per heavy atom. The molecule has 20 heavy (non-hydrogen) atoms. The Hall–Kier alpha value is -2.39. The molecule has 0 saturated carbocycles. The van der Waals surface area contributed by atoms with Gasteiger partial charge in [-0.1, -0.05) is 0 Å². The molecule has 0 atom stereocenters. The molecule has 0 unspecified atom stereocenters. The summed E-state index contributed by atoms with van der Waals surface area (Å²) in [6.07, 6.45) is 0. The van der Waals surface area contributed by atoms with Crippen LogP contribution in [0, 0.1) is 17.1 Å². The number of benzene rings is 2. The van der Waals surface area contributed by atoms with E-state index >= 15 is 0 Å². The Labute approximate surface area is 122 Å². The highest BCUT2D eigenvalue weighted by molar-refractivity contribution is 9.10. The van der Waals surface area contributed by atoms with E-state index in [2.05, 4.69) is 21.2 Å². The average Bonchev–Trinajstić information content (AvgIpc) is 2.43. The largest absolute Gasteiger partial charge is 0.507 e. The van der Waals surface area contributed by atoms with Gasteiger partial charge in [-0.05, 0) is 52.3 Å². The maximum absolute atomic E-state index is 13.1. The number of halogens is 2. The predicted octanol–water partition coefficient (Wildman–Crippen LogP) is 3.42. The molecule has 4 nitrogen and oxygen atoms in total. The second-order valence-corrected chi connectivity index (χ2v) is 4.78. The number of hydrogen-bond acceptors (Lipinski definition) is 3. The second-order valence-electron chi connectivity index (χ2n) is 3.92. The highest BCUT2D eigenvalue weighted by atomic mass is 79.9. The van der Waals surface area contributed by atoms with Crippen LogP contribution in [0.4, 0.5) is 10.1 Å². The Bertz CT molecular complexity index is 726. The van der Waals surface area contributed by atoms with Gasteiger partial charge < -0.3 is 10.4 Å². The first kappa shape index (κ1) is 14.0. The first-order valence-corrected chi connectivity index (χ1v) is 6.30. The molecule has 6 heteroatoms. The van der Waals surface area contributed by atoms with E-state index in [9.17, 15) is 14.3 Å². The molecule has 0 aromatic heterocycles. The Morgan fingerprint density at radius 2 is 2.05 bits per heavy atom. The van der Waals surface area contributed by atoms with E-state index in [4.69, 9.17) is 5.26 Å². The lowest BCUT2D eigenvalue weighted by atomic mass is 10.1. The van der Waals surface area contributed by atoms with Crippen LogP contribution in [0.3, 0.4) is 0 Å². The summed E-state index contributed by atoms with van der Waals surface area (Å²) in [5.74, 6) is -1.58. The van der Waals surface area contributed by atoms with Gasteiger partial charge in [0.15, 0.2) is 0 Å². The lowest BCUT2D eigenvalue weighted by Gasteiger charge is -2.09. The molecule has 0 aliphatic carbocycles. The average molecular weight is 335 g/mol. The fraction of sp³-hybridized carbons (Fsp3) is 0. The third-order valence-corrected chi connectivity index (χ3v) is 3.21. The minimum atomic E-state index is -0.646. The summed E-state index contributed by atoms with van der Waals surface area (Å²) in [5, 5.41) is 20.8. The third-order valence-electron chi connectivity index (χ3n) is 2.55. The number of rotatable bonds is 2. The molecular formula is C14H8BrFN2O2. The molecule has 0 aliphatic heterocycles. The minimum absolute atomic E-state index is 0.166. The van der Waals surface area contributed by atoms with Gasteiger partial charge in [-0.15, -0.1) is 0 Å². The molecular weight excluding hydrogens is 327 g/mol. The Morgan fingerprint density at radius 3 is 2.70 bits per heavy atom. The van der Waals surface area contributed by atoms with Crippen LogP contribution in [-0.4, -0.2) is 11.0 Å². The molecule has 2 aromatic carbocycles. The number of nitriles is 1. The summed E-state index contributed by atoms with van der Waals surface area (Å²) in [4.78, 5) is 12.0. The molecule has 0 aliphatic rings. The maximum atomic E-state index is 13.1. The van der Waals surface area contributed by atoms with E-state index in [0.29, 0.717) is 15.7 Å². The minimum Gasteiger partial charge on any atom is -0.507 e. The van der Waals surface area contributed by atoms with Crippen LogP contribution in [0.1, 0.15) is 15.9 Å². The van der Waals surface area contributed by atoms with Crippen molar-refractivity contribution in [2.45, 2.75) is 0 Å². The van der Waals surface area contributed by atoms with Crippen LogP contribution in [-0.2, 0) is 0 Å².